The van der Waals surface area contributed by atoms with Gasteiger partial charge in [0.05, 0.1) is 18.7 Å². The molecule has 136 valence electrons. The number of anilines is 1. The molecule has 1 aromatic carbocycles. The van der Waals surface area contributed by atoms with E-state index < -0.39 is 11.5 Å². The highest BCUT2D eigenvalue weighted by Gasteiger charge is 2.51. The van der Waals surface area contributed by atoms with Crippen molar-refractivity contribution in [1.29, 1.82) is 0 Å². The molecule has 0 radical (unpaired) electrons. The van der Waals surface area contributed by atoms with Crippen LogP contribution in [0, 0.1) is 0 Å². The van der Waals surface area contributed by atoms with E-state index in [1.54, 1.807) is 35.2 Å². The van der Waals surface area contributed by atoms with Crippen molar-refractivity contribution >= 4 is 44.6 Å². The Hall–Kier alpha value is -2.35. The molecule has 3 aromatic rings. The summed E-state index contributed by atoms with van der Waals surface area (Å²) in [4.78, 5) is 32.4. The van der Waals surface area contributed by atoms with Gasteiger partial charge in [-0.3, -0.25) is 14.6 Å². The highest BCUT2D eigenvalue weighted by Crippen LogP contribution is 2.44. The highest BCUT2D eigenvalue weighted by molar-refractivity contribution is 9.10. The number of thiophene rings is 1. The number of aliphatic hydroxyl groups is 1. The lowest BCUT2D eigenvalue weighted by molar-refractivity contribution is -0.136. The summed E-state index contributed by atoms with van der Waals surface area (Å²) in [6.45, 7) is 0.352. The van der Waals surface area contributed by atoms with E-state index in [1.807, 2.05) is 23.6 Å². The summed E-state index contributed by atoms with van der Waals surface area (Å²) >= 11 is 4.93. The van der Waals surface area contributed by atoms with Gasteiger partial charge in [-0.05, 0) is 41.8 Å². The molecule has 1 atom stereocenters. The van der Waals surface area contributed by atoms with Crippen molar-refractivity contribution in [3.8, 4) is 0 Å². The molecule has 1 amide bonds. The number of benzene rings is 1. The zero-order valence-corrected chi connectivity index (χ0v) is 16.5. The number of carbonyl (C=O) groups excluding carboxylic acids is 2. The van der Waals surface area contributed by atoms with Crippen LogP contribution in [0.2, 0.25) is 0 Å². The van der Waals surface area contributed by atoms with E-state index in [0.717, 1.165) is 9.35 Å². The van der Waals surface area contributed by atoms with Gasteiger partial charge in [0, 0.05) is 21.1 Å². The second kappa shape index (κ2) is 6.99. The van der Waals surface area contributed by atoms with Gasteiger partial charge < -0.3 is 10.0 Å². The molecule has 3 heterocycles. The number of hydrogen-bond donors (Lipinski definition) is 1. The SMILES string of the molecule is O=C(CC1(O)C(=O)N(Cc2cccs2)c2ccc(Br)cc21)c1ccccn1. The lowest BCUT2D eigenvalue weighted by atomic mass is 9.89. The summed E-state index contributed by atoms with van der Waals surface area (Å²) < 4.78 is 0.732. The first-order chi connectivity index (χ1) is 13.0. The van der Waals surface area contributed by atoms with E-state index in [2.05, 4.69) is 20.9 Å². The predicted molar refractivity (Wildman–Crippen MR) is 107 cm³/mol. The first-order valence-electron chi connectivity index (χ1n) is 8.30. The van der Waals surface area contributed by atoms with E-state index in [4.69, 9.17) is 0 Å². The maximum Gasteiger partial charge on any atom is 0.264 e. The molecule has 1 aliphatic heterocycles. The molecular weight excluding hydrogens is 428 g/mol. The van der Waals surface area contributed by atoms with Gasteiger partial charge in [-0.2, -0.15) is 0 Å². The van der Waals surface area contributed by atoms with Gasteiger partial charge in [0.25, 0.3) is 5.91 Å². The summed E-state index contributed by atoms with van der Waals surface area (Å²) in [5.41, 5.74) is -0.632. The lowest BCUT2D eigenvalue weighted by Crippen LogP contribution is -2.41. The predicted octanol–water partition coefficient (Wildman–Crippen LogP) is 3.91. The molecule has 7 heteroatoms. The van der Waals surface area contributed by atoms with E-state index in [-0.39, 0.29) is 17.9 Å². The van der Waals surface area contributed by atoms with Crippen molar-refractivity contribution < 1.29 is 14.7 Å². The summed E-state index contributed by atoms with van der Waals surface area (Å²) in [6.07, 6.45) is 1.16. The monoisotopic (exact) mass is 442 g/mol. The number of fused-ring (bicyclic) bond motifs is 1. The number of Topliss-reactive ketones (excluding diaryl/α,β-unsaturated/α-hetero) is 1. The molecule has 2 aromatic heterocycles. The Morgan fingerprint density at radius 1 is 1.22 bits per heavy atom. The molecule has 0 bridgehead atoms. The van der Waals surface area contributed by atoms with Crippen LogP contribution in [0.5, 0.6) is 0 Å². The first-order valence-corrected chi connectivity index (χ1v) is 9.97. The third kappa shape index (κ3) is 3.22. The van der Waals surface area contributed by atoms with Crippen LogP contribution < -0.4 is 4.90 Å². The van der Waals surface area contributed by atoms with Crippen LogP contribution in [0.25, 0.3) is 0 Å². The average Bonchev–Trinajstić information content (AvgIpc) is 3.25. The van der Waals surface area contributed by atoms with E-state index in [9.17, 15) is 14.7 Å². The normalized spacial score (nSPS) is 18.6. The maximum atomic E-state index is 13.2. The smallest absolute Gasteiger partial charge is 0.264 e. The molecule has 0 saturated heterocycles. The third-order valence-corrected chi connectivity index (χ3v) is 5.91. The number of rotatable bonds is 5. The number of halogens is 1. The van der Waals surface area contributed by atoms with Gasteiger partial charge in [0.2, 0.25) is 0 Å². The van der Waals surface area contributed by atoms with Crippen LogP contribution in [0.1, 0.15) is 27.3 Å². The van der Waals surface area contributed by atoms with Crippen LogP contribution in [0.4, 0.5) is 5.69 Å². The lowest BCUT2D eigenvalue weighted by Gasteiger charge is -2.22. The van der Waals surface area contributed by atoms with Gasteiger partial charge in [0.15, 0.2) is 11.4 Å². The number of hydrogen-bond acceptors (Lipinski definition) is 5. The van der Waals surface area contributed by atoms with E-state index in [1.165, 1.54) is 17.5 Å². The molecule has 0 aliphatic carbocycles. The van der Waals surface area contributed by atoms with Gasteiger partial charge in [-0.15, -0.1) is 11.3 Å². The third-order valence-electron chi connectivity index (χ3n) is 4.55. The Kier molecular flexibility index (Phi) is 4.67. The molecule has 1 unspecified atom stereocenters. The Morgan fingerprint density at radius 2 is 2.07 bits per heavy atom. The van der Waals surface area contributed by atoms with Crippen LogP contribution in [-0.4, -0.2) is 21.8 Å². The standard InChI is InChI=1S/C20H15BrN2O3S/c21-13-6-7-17-15(10-13)20(26,11-18(24)16-5-1-2-8-22-16)19(25)23(17)12-14-4-3-9-27-14/h1-10,26H,11-12H2. The molecule has 1 N–H and O–H groups in total. The van der Waals surface area contributed by atoms with Crippen molar-refractivity contribution in [3.63, 3.8) is 0 Å². The quantitative estimate of drug-likeness (QED) is 0.607. The molecule has 4 rings (SSSR count). The average molecular weight is 443 g/mol. The number of nitrogens with zero attached hydrogens (tertiary/aromatic N) is 2. The zero-order valence-electron chi connectivity index (χ0n) is 14.1. The topological polar surface area (TPSA) is 70.5 Å². The second-order valence-electron chi connectivity index (χ2n) is 6.31. The minimum absolute atomic E-state index is 0.229. The number of amides is 1. The first kappa shape index (κ1) is 18.0. The van der Waals surface area contributed by atoms with Crippen LogP contribution in [0.15, 0.2) is 64.6 Å². The highest BCUT2D eigenvalue weighted by atomic mass is 79.9. The van der Waals surface area contributed by atoms with E-state index >= 15 is 0 Å². The fraction of sp³-hybridized carbons (Fsp3) is 0.150. The van der Waals surface area contributed by atoms with Crippen molar-refractivity contribution in [2.75, 3.05) is 4.90 Å². The Morgan fingerprint density at radius 3 is 2.78 bits per heavy atom. The summed E-state index contributed by atoms with van der Waals surface area (Å²) in [5.74, 6) is -0.872. The summed E-state index contributed by atoms with van der Waals surface area (Å²) in [7, 11) is 0. The molecule has 0 saturated carbocycles. The van der Waals surface area contributed by atoms with Crippen molar-refractivity contribution in [1.82, 2.24) is 4.98 Å². The number of pyridine rings is 1. The van der Waals surface area contributed by atoms with E-state index in [0.29, 0.717) is 17.8 Å². The maximum absolute atomic E-state index is 13.2. The number of aromatic nitrogens is 1. The molecule has 27 heavy (non-hydrogen) atoms. The van der Waals surface area contributed by atoms with Crippen LogP contribution in [0.3, 0.4) is 0 Å². The van der Waals surface area contributed by atoms with Crippen LogP contribution in [-0.2, 0) is 16.9 Å². The van der Waals surface area contributed by atoms with Gasteiger partial charge in [-0.25, -0.2) is 0 Å². The Balaban J connectivity index is 1.73. The largest absolute Gasteiger partial charge is 0.375 e. The van der Waals surface area contributed by atoms with Gasteiger partial charge in [-0.1, -0.05) is 28.1 Å². The van der Waals surface area contributed by atoms with Crippen molar-refractivity contribution in [3.05, 3.63) is 80.7 Å². The molecule has 0 fully saturated rings. The van der Waals surface area contributed by atoms with Crippen molar-refractivity contribution in [2.24, 2.45) is 0 Å². The van der Waals surface area contributed by atoms with Gasteiger partial charge >= 0.3 is 0 Å². The molecule has 5 nitrogen and oxygen atoms in total. The molecule has 0 spiro atoms. The minimum atomic E-state index is -1.91. The fourth-order valence-electron chi connectivity index (χ4n) is 3.26. The zero-order chi connectivity index (χ0) is 19.0. The van der Waals surface area contributed by atoms with Crippen molar-refractivity contribution in [2.45, 2.75) is 18.6 Å². The summed E-state index contributed by atoms with van der Waals surface area (Å²) in [6, 6.07) is 14.2. The Labute approximate surface area is 168 Å². The van der Waals surface area contributed by atoms with Gasteiger partial charge in [0.1, 0.15) is 5.69 Å². The fourth-order valence-corrected chi connectivity index (χ4v) is 4.31. The number of ketones is 1. The summed E-state index contributed by atoms with van der Waals surface area (Å²) in [5, 5.41) is 13.2. The van der Waals surface area contributed by atoms with Crippen LogP contribution >= 0.6 is 27.3 Å². The second-order valence-corrected chi connectivity index (χ2v) is 8.26. The Bertz CT molecular complexity index is 1010. The minimum Gasteiger partial charge on any atom is -0.375 e. The molecular formula is C20H15BrN2O3S. The number of carbonyl (C=O) groups is 2. The molecule has 1 aliphatic rings.